The van der Waals surface area contributed by atoms with Gasteiger partial charge in [-0.3, -0.25) is 4.79 Å². The molecule has 0 spiro atoms. The van der Waals surface area contributed by atoms with Crippen LogP contribution in [0.1, 0.15) is 15.9 Å². The van der Waals surface area contributed by atoms with Crippen molar-refractivity contribution in [2.75, 3.05) is 7.11 Å². The minimum atomic E-state index is -0.450. The summed E-state index contributed by atoms with van der Waals surface area (Å²) in [5.41, 5.74) is 11.3. The molecule has 0 atom stereocenters. The Kier molecular flexibility index (Phi) is 5.49. The second-order valence-corrected chi connectivity index (χ2v) is 8.70. The van der Waals surface area contributed by atoms with Crippen molar-refractivity contribution in [2.45, 2.75) is 6.54 Å². The van der Waals surface area contributed by atoms with Crippen molar-refractivity contribution in [3.63, 3.8) is 0 Å². The van der Waals surface area contributed by atoms with Gasteiger partial charge in [-0.2, -0.15) is 0 Å². The molecule has 1 aromatic heterocycles. The Morgan fingerprint density at radius 3 is 2.36 bits per heavy atom. The average molecular weight is 475 g/mol. The first-order chi connectivity index (χ1) is 16.0. The van der Waals surface area contributed by atoms with E-state index in [0.717, 1.165) is 38.5 Å². The number of hydrogen-bond acceptors (Lipinski definition) is 2. The third-order valence-electron chi connectivity index (χ3n) is 5.89. The van der Waals surface area contributed by atoms with Gasteiger partial charge in [0.15, 0.2) is 0 Å². The summed E-state index contributed by atoms with van der Waals surface area (Å²) >= 11 is 12.5. The number of nitrogens with zero attached hydrogens (tertiary/aromatic N) is 1. The fraction of sp³-hybridized carbons (Fsp3) is 0.0741. The van der Waals surface area contributed by atoms with Crippen LogP contribution >= 0.6 is 23.2 Å². The van der Waals surface area contributed by atoms with Gasteiger partial charge in [0, 0.05) is 27.9 Å². The molecule has 0 bridgehead atoms. The molecule has 0 radical (unpaired) electrons. The predicted octanol–water partition coefficient (Wildman–Crippen LogP) is 6.92. The Labute approximate surface area is 201 Å². The van der Waals surface area contributed by atoms with E-state index in [1.165, 1.54) is 0 Å². The van der Waals surface area contributed by atoms with Crippen LogP contribution in [0.4, 0.5) is 0 Å². The number of nitrogens with two attached hydrogens (primary N) is 1. The first kappa shape index (κ1) is 21.4. The van der Waals surface area contributed by atoms with Crippen molar-refractivity contribution in [3.05, 3.63) is 100 Å². The van der Waals surface area contributed by atoms with Crippen LogP contribution < -0.4 is 10.5 Å². The van der Waals surface area contributed by atoms with Gasteiger partial charge >= 0.3 is 0 Å². The Bertz CT molecular complexity index is 1520. The molecular formula is C27H20Cl2N2O2. The average Bonchev–Trinajstić information content (AvgIpc) is 3.12. The molecule has 0 aliphatic heterocycles. The number of hydrogen-bond donors (Lipinski definition) is 1. The molecule has 0 saturated carbocycles. The monoisotopic (exact) mass is 474 g/mol. The third kappa shape index (κ3) is 3.82. The largest absolute Gasteiger partial charge is 0.495 e. The highest BCUT2D eigenvalue weighted by atomic mass is 35.5. The summed E-state index contributed by atoms with van der Waals surface area (Å²) < 4.78 is 7.48. The van der Waals surface area contributed by atoms with E-state index in [2.05, 4.69) is 16.7 Å². The van der Waals surface area contributed by atoms with E-state index in [9.17, 15) is 4.79 Å². The zero-order valence-corrected chi connectivity index (χ0v) is 19.3. The lowest BCUT2D eigenvalue weighted by molar-refractivity contribution is 0.100. The summed E-state index contributed by atoms with van der Waals surface area (Å²) in [6.45, 7) is 0.565. The number of methoxy groups -OCH3 is 1. The summed E-state index contributed by atoms with van der Waals surface area (Å²) in [6, 6.07) is 25.4. The number of rotatable bonds is 5. The van der Waals surface area contributed by atoms with Gasteiger partial charge in [0.2, 0.25) is 5.91 Å². The van der Waals surface area contributed by atoms with Crippen LogP contribution in [-0.2, 0) is 6.54 Å². The van der Waals surface area contributed by atoms with E-state index in [1.54, 1.807) is 13.2 Å². The molecule has 0 fully saturated rings. The van der Waals surface area contributed by atoms with Crippen LogP contribution in [-0.4, -0.2) is 17.6 Å². The molecule has 0 saturated heterocycles. The van der Waals surface area contributed by atoms with Crippen LogP contribution in [0.3, 0.4) is 0 Å². The van der Waals surface area contributed by atoms with Crippen molar-refractivity contribution in [2.24, 2.45) is 5.73 Å². The van der Waals surface area contributed by atoms with E-state index in [4.69, 9.17) is 33.7 Å². The third-order valence-corrected chi connectivity index (χ3v) is 6.44. The van der Waals surface area contributed by atoms with Crippen LogP contribution in [0, 0.1) is 0 Å². The highest BCUT2D eigenvalue weighted by Crippen LogP contribution is 2.36. The van der Waals surface area contributed by atoms with Gasteiger partial charge in [-0.25, -0.2) is 0 Å². The first-order valence-electron chi connectivity index (χ1n) is 10.4. The number of halogens is 2. The maximum absolute atomic E-state index is 12.2. The minimum absolute atomic E-state index is 0.450. The maximum atomic E-state index is 12.2. The minimum Gasteiger partial charge on any atom is -0.495 e. The van der Waals surface area contributed by atoms with E-state index in [1.807, 2.05) is 60.7 Å². The summed E-state index contributed by atoms with van der Waals surface area (Å²) in [5, 5.41) is 3.06. The number of benzene rings is 4. The van der Waals surface area contributed by atoms with Gasteiger partial charge in [-0.15, -0.1) is 0 Å². The molecular weight excluding hydrogens is 455 g/mol. The van der Waals surface area contributed by atoms with Gasteiger partial charge in [0.1, 0.15) is 5.75 Å². The molecule has 1 amide bonds. The molecule has 5 aromatic rings. The van der Waals surface area contributed by atoms with Gasteiger partial charge in [0.05, 0.1) is 23.2 Å². The smallest absolute Gasteiger partial charge is 0.249 e. The lowest BCUT2D eigenvalue weighted by Gasteiger charge is -2.11. The SMILES string of the molecule is COc1ccc(Cn2c3cc(-c4ccc(Cl)cc4)ccc3c3c(C(N)=O)cccc32)cc1Cl. The van der Waals surface area contributed by atoms with E-state index in [0.29, 0.717) is 27.9 Å². The first-order valence-corrected chi connectivity index (χ1v) is 11.1. The number of aromatic nitrogens is 1. The highest BCUT2D eigenvalue weighted by Gasteiger charge is 2.17. The van der Waals surface area contributed by atoms with Gasteiger partial charge in [-0.05, 0) is 59.2 Å². The molecule has 0 aliphatic rings. The number of carbonyl (C=O) groups excluding carboxylic acids is 1. The fourth-order valence-corrected chi connectivity index (χ4v) is 4.74. The van der Waals surface area contributed by atoms with Crippen molar-refractivity contribution in [1.82, 2.24) is 4.57 Å². The zero-order valence-electron chi connectivity index (χ0n) is 17.8. The van der Waals surface area contributed by atoms with E-state index >= 15 is 0 Å². The number of amides is 1. The molecule has 0 aliphatic carbocycles. The molecule has 0 unspecified atom stereocenters. The number of ether oxygens (including phenoxy) is 1. The predicted molar refractivity (Wildman–Crippen MR) is 136 cm³/mol. The summed E-state index contributed by atoms with van der Waals surface area (Å²) in [5.74, 6) is 0.178. The summed E-state index contributed by atoms with van der Waals surface area (Å²) in [4.78, 5) is 12.2. The molecule has 4 aromatic carbocycles. The number of fused-ring (bicyclic) bond motifs is 3. The second-order valence-electron chi connectivity index (χ2n) is 7.86. The Balaban J connectivity index is 1.76. The lowest BCUT2D eigenvalue weighted by atomic mass is 10.0. The Morgan fingerprint density at radius 2 is 1.67 bits per heavy atom. The Hall–Kier alpha value is -3.47. The van der Waals surface area contributed by atoms with Crippen molar-refractivity contribution in [3.8, 4) is 16.9 Å². The molecule has 1 heterocycles. The van der Waals surface area contributed by atoms with Crippen LogP contribution in [0.5, 0.6) is 5.75 Å². The molecule has 33 heavy (non-hydrogen) atoms. The molecule has 2 N–H and O–H groups in total. The van der Waals surface area contributed by atoms with E-state index < -0.39 is 5.91 Å². The van der Waals surface area contributed by atoms with Crippen LogP contribution in [0.25, 0.3) is 32.9 Å². The Morgan fingerprint density at radius 1 is 0.909 bits per heavy atom. The van der Waals surface area contributed by atoms with Gasteiger partial charge < -0.3 is 15.0 Å². The zero-order chi connectivity index (χ0) is 23.1. The summed E-state index contributed by atoms with van der Waals surface area (Å²) in [6.07, 6.45) is 0. The summed E-state index contributed by atoms with van der Waals surface area (Å²) in [7, 11) is 1.59. The fourth-order valence-electron chi connectivity index (χ4n) is 4.33. The van der Waals surface area contributed by atoms with Crippen molar-refractivity contribution < 1.29 is 9.53 Å². The normalized spacial score (nSPS) is 11.2. The number of primary amides is 1. The van der Waals surface area contributed by atoms with Crippen molar-refractivity contribution >= 4 is 50.9 Å². The maximum Gasteiger partial charge on any atom is 0.249 e. The van der Waals surface area contributed by atoms with Gasteiger partial charge in [0.25, 0.3) is 0 Å². The standard InChI is InChI=1S/C27H20Cl2N2O2/c1-33-25-12-5-16(13-22(25)29)15-31-23-4-2-3-21(27(30)32)26(23)20-11-8-18(14-24(20)31)17-6-9-19(28)10-7-17/h2-14H,15H2,1H3,(H2,30,32). The van der Waals surface area contributed by atoms with Crippen LogP contribution in [0.15, 0.2) is 78.9 Å². The topological polar surface area (TPSA) is 57.2 Å². The quantitative estimate of drug-likeness (QED) is 0.300. The molecule has 4 nitrogen and oxygen atoms in total. The highest BCUT2D eigenvalue weighted by molar-refractivity contribution is 6.32. The van der Waals surface area contributed by atoms with E-state index in [-0.39, 0.29) is 0 Å². The molecule has 164 valence electrons. The molecule has 6 heteroatoms. The second kappa shape index (κ2) is 8.47. The van der Waals surface area contributed by atoms with Crippen LogP contribution in [0.2, 0.25) is 10.0 Å². The lowest BCUT2D eigenvalue weighted by Crippen LogP contribution is -2.11. The molecule has 5 rings (SSSR count). The van der Waals surface area contributed by atoms with Gasteiger partial charge in [-0.1, -0.05) is 59.6 Å². The number of carbonyl (C=O) groups is 1. The van der Waals surface area contributed by atoms with Crippen molar-refractivity contribution in [1.29, 1.82) is 0 Å².